The van der Waals surface area contributed by atoms with Gasteiger partial charge in [-0.1, -0.05) is 42.8 Å². The fourth-order valence-electron chi connectivity index (χ4n) is 1.73. The van der Waals surface area contributed by atoms with Crippen LogP contribution in [-0.4, -0.2) is 12.6 Å². The maximum absolute atomic E-state index is 11.8. The van der Waals surface area contributed by atoms with Crippen LogP contribution in [0, 0.1) is 0 Å². The van der Waals surface area contributed by atoms with Gasteiger partial charge in [0.15, 0.2) is 0 Å². The highest BCUT2D eigenvalue weighted by molar-refractivity contribution is 6.32. The highest BCUT2D eigenvalue weighted by Gasteiger charge is 2.04. The monoisotopic (exact) mass is 316 g/mol. The van der Waals surface area contributed by atoms with Crippen LogP contribution in [0.15, 0.2) is 54.6 Å². The summed E-state index contributed by atoms with van der Waals surface area (Å²) in [7, 11) is 0. The first-order valence-corrected chi connectivity index (χ1v) is 7.44. The Morgan fingerprint density at radius 3 is 2.55 bits per heavy atom. The molecule has 0 saturated carbocycles. The SMILES string of the molecule is CCCOc1ccc(/C=C/C(=O)Oc2ccccc2Cl)cc1. The minimum absolute atomic E-state index is 0.349. The fourth-order valence-corrected chi connectivity index (χ4v) is 1.90. The van der Waals surface area contributed by atoms with Gasteiger partial charge in [0.05, 0.1) is 11.6 Å². The minimum atomic E-state index is -0.473. The molecule has 0 atom stereocenters. The molecule has 0 heterocycles. The van der Waals surface area contributed by atoms with Gasteiger partial charge in [-0.25, -0.2) is 4.79 Å². The van der Waals surface area contributed by atoms with E-state index in [9.17, 15) is 4.79 Å². The van der Waals surface area contributed by atoms with Crippen molar-refractivity contribution < 1.29 is 14.3 Å². The fraction of sp³-hybridized carbons (Fsp3) is 0.167. The van der Waals surface area contributed by atoms with Crippen molar-refractivity contribution in [1.82, 2.24) is 0 Å². The molecular formula is C18H17ClO3. The van der Waals surface area contributed by atoms with E-state index in [4.69, 9.17) is 21.1 Å². The third kappa shape index (κ3) is 4.93. The summed E-state index contributed by atoms with van der Waals surface area (Å²) in [5.41, 5.74) is 0.889. The van der Waals surface area contributed by atoms with Gasteiger partial charge in [-0.3, -0.25) is 0 Å². The molecule has 4 heteroatoms. The van der Waals surface area contributed by atoms with Crippen LogP contribution in [0.25, 0.3) is 6.08 Å². The van der Waals surface area contributed by atoms with Crippen LogP contribution in [0.4, 0.5) is 0 Å². The van der Waals surface area contributed by atoms with E-state index in [0.29, 0.717) is 17.4 Å². The molecule has 0 radical (unpaired) electrons. The van der Waals surface area contributed by atoms with Gasteiger partial charge >= 0.3 is 5.97 Å². The highest BCUT2D eigenvalue weighted by Crippen LogP contribution is 2.23. The maximum Gasteiger partial charge on any atom is 0.336 e. The van der Waals surface area contributed by atoms with E-state index in [1.807, 2.05) is 24.3 Å². The standard InChI is InChI=1S/C18H17ClO3/c1-2-13-21-15-10-7-14(8-11-15)9-12-18(20)22-17-6-4-3-5-16(17)19/h3-12H,2,13H2,1H3/b12-9+. The number of benzene rings is 2. The molecule has 0 fully saturated rings. The molecule has 0 bridgehead atoms. The van der Waals surface area contributed by atoms with Crippen LogP contribution in [-0.2, 0) is 4.79 Å². The molecule has 0 aliphatic carbocycles. The van der Waals surface area contributed by atoms with Gasteiger partial charge in [0.25, 0.3) is 0 Å². The molecule has 22 heavy (non-hydrogen) atoms. The Kier molecular flexibility index (Phi) is 6.04. The number of halogens is 1. The van der Waals surface area contributed by atoms with Crippen molar-refractivity contribution in [1.29, 1.82) is 0 Å². The second kappa shape index (κ2) is 8.25. The highest BCUT2D eigenvalue weighted by atomic mass is 35.5. The van der Waals surface area contributed by atoms with E-state index in [-0.39, 0.29) is 0 Å². The second-order valence-electron chi connectivity index (χ2n) is 4.60. The second-order valence-corrected chi connectivity index (χ2v) is 5.01. The summed E-state index contributed by atoms with van der Waals surface area (Å²) in [4.78, 5) is 11.8. The molecule has 3 nitrogen and oxygen atoms in total. The van der Waals surface area contributed by atoms with Crippen LogP contribution in [0.2, 0.25) is 5.02 Å². The van der Waals surface area contributed by atoms with Crippen LogP contribution in [0.1, 0.15) is 18.9 Å². The molecule has 0 unspecified atom stereocenters. The first-order chi connectivity index (χ1) is 10.7. The third-order valence-corrected chi connectivity index (χ3v) is 3.12. The summed E-state index contributed by atoms with van der Waals surface area (Å²) in [5.74, 6) is 0.694. The van der Waals surface area contributed by atoms with E-state index in [2.05, 4.69) is 6.92 Å². The van der Waals surface area contributed by atoms with Crippen molar-refractivity contribution in [3.8, 4) is 11.5 Å². The number of esters is 1. The molecule has 0 aliphatic heterocycles. The largest absolute Gasteiger partial charge is 0.494 e. The Bertz CT molecular complexity index is 648. The molecule has 0 spiro atoms. The summed E-state index contributed by atoms with van der Waals surface area (Å²) in [6.45, 7) is 2.75. The Labute approximate surface area is 135 Å². The first-order valence-electron chi connectivity index (χ1n) is 7.06. The van der Waals surface area contributed by atoms with Crippen molar-refractivity contribution in [2.75, 3.05) is 6.61 Å². The Morgan fingerprint density at radius 1 is 1.14 bits per heavy atom. The topological polar surface area (TPSA) is 35.5 Å². The van der Waals surface area contributed by atoms with Crippen LogP contribution in [0.3, 0.4) is 0 Å². The van der Waals surface area contributed by atoms with E-state index in [0.717, 1.165) is 17.7 Å². The summed E-state index contributed by atoms with van der Waals surface area (Å²) < 4.78 is 10.7. The summed E-state index contributed by atoms with van der Waals surface area (Å²) in [6, 6.07) is 14.3. The molecular weight excluding hydrogens is 300 g/mol. The van der Waals surface area contributed by atoms with Gasteiger partial charge in [0.2, 0.25) is 0 Å². The first kappa shape index (κ1) is 16.1. The van der Waals surface area contributed by atoms with Crippen LogP contribution < -0.4 is 9.47 Å². The summed E-state index contributed by atoms with van der Waals surface area (Å²) in [5, 5.41) is 0.404. The lowest BCUT2D eigenvalue weighted by molar-refractivity contribution is -0.128. The zero-order valence-electron chi connectivity index (χ0n) is 12.3. The van der Waals surface area contributed by atoms with Crippen LogP contribution >= 0.6 is 11.6 Å². The predicted octanol–water partition coefficient (Wildman–Crippen LogP) is 4.75. The molecule has 0 saturated heterocycles. The van der Waals surface area contributed by atoms with E-state index in [1.165, 1.54) is 6.08 Å². The Balaban J connectivity index is 1.93. The molecule has 0 aromatic heterocycles. The number of para-hydroxylation sites is 1. The lowest BCUT2D eigenvalue weighted by Crippen LogP contribution is -2.03. The molecule has 2 rings (SSSR count). The van der Waals surface area contributed by atoms with Gasteiger partial charge in [0, 0.05) is 6.08 Å². The number of hydrogen-bond acceptors (Lipinski definition) is 3. The maximum atomic E-state index is 11.8. The Morgan fingerprint density at radius 2 is 1.86 bits per heavy atom. The molecule has 2 aromatic rings. The van der Waals surface area contributed by atoms with Crippen molar-refractivity contribution >= 4 is 23.6 Å². The van der Waals surface area contributed by atoms with Crippen LogP contribution in [0.5, 0.6) is 11.5 Å². The van der Waals surface area contributed by atoms with E-state index < -0.39 is 5.97 Å². The zero-order valence-corrected chi connectivity index (χ0v) is 13.0. The van der Waals surface area contributed by atoms with Gasteiger partial charge in [-0.05, 0) is 42.3 Å². The summed E-state index contributed by atoms with van der Waals surface area (Å²) >= 11 is 5.93. The van der Waals surface area contributed by atoms with Gasteiger partial charge in [-0.15, -0.1) is 0 Å². The van der Waals surface area contributed by atoms with Crippen molar-refractivity contribution in [3.63, 3.8) is 0 Å². The van der Waals surface area contributed by atoms with Gasteiger partial charge in [-0.2, -0.15) is 0 Å². The van der Waals surface area contributed by atoms with Gasteiger partial charge < -0.3 is 9.47 Å². The number of ether oxygens (including phenoxy) is 2. The van der Waals surface area contributed by atoms with Crippen molar-refractivity contribution in [2.24, 2.45) is 0 Å². The van der Waals surface area contributed by atoms with E-state index >= 15 is 0 Å². The lowest BCUT2D eigenvalue weighted by atomic mass is 10.2. The minimum Gasteiger partial charge on any atom is -0.494 e. The normalized spacial score (nSPS) is 10.6. The quantitative estimate of drug-likeness (QED) is 0.438. The molecule has 0 amide bonds. The zero-order chi connectivity index (χ0) is 15.8. The average molecular weight is 317 g/mol. The number of hydrogen-bond donors (Lipinski definition) is 0. The Hall–Kier alpha value is -2.26. The molecule has 0 aliphatic rings. The molecule has 2 aromatic carbocycles. The third-order valence-electron chi connectivity index (χ3n) is 2.81. The molecule has 114 valence electrons. The van der Waals surface area contributed by atoms with Gasteiger partial charge in [0.1, 0.15) is 11.5 Å². The summed E-state index contributed by atoms with van der Waals surface area (Å²) in [6.07, 6.45) is 4.02. The lowest BCUT2D eigenvalue weighted by Gasteiger charge is -2.04. The van der Waals surface area contributed by atoms with E-state index in [1.54, 1.807) is 30.3 Å². The number of carbonyl (C=O) groups is 1. The predicted molar refractivity (Wildman–Crippen MR) is 88.3 cm³/mol. The average Bonchev–Trinajstić information content (AvgIpc) is 2.54. The van der Waals surface area contributed by atoms with Crippen molar-refractivity contribution in [2.45, 2.75) is 13.3 Å². The van der Waals surface area contributed by atoms with Crippen molar-refractivity contribution in [3.05, 3.63) is 65.2 Å². The molecule has 0 N–H and O–H groups in total. The number of carbonyl (C=O) groups excluding carboxylic acids is 1. The smallest absolute Gasteiger partial charge is 0.336 e. The number of rotatable bonds is 6.